The molecule has 0 atom stereocenters. The predicted molar refractivity (Wildman–Crippen MR) is 48.2 cm³/mol. The lowest BCUT2D eigenvalue weighted by molar-refractivity contribution is 0.866. The molecule has 0 aromatic carbocycles. The van der Waals surface area contributed by atoms with Gasteiger partial charge in [-0.2, -0.15) is 0 Å². The van der Waals surface area contributed by atoms with E-state index in [9.17, 15) is 0 Å². The first-order valence-electron chi connectivity index (χ1n) is 3.77. The molecule has 2 N–H and O–H groups in total. The lowest BCUT2D eigenvalue weighted by Gasteiger charge is -1.93. The first-order chi connectivity index (χ1) is 5.70. The number of hydrogen-bond acceptors (Lipinski definition) is 3. The molecule has 3 heteroatoms. The first kappa shape index (κ1) is 8.54. The van der Waals surface area contributed by atoms with Crippen LogP contribution in [0.2, 0.25) is 0 Å². The van der Waals surface area contributed by atoms with E-state index in [-0.39, 0.29) is 0 Å². The van der Waals surface area contributed by atoms with Gasteiger partial charge in [-0.15, -0.1) is 0 Å². The number of nitrogens with two attached hydrogens (primary N) is 1. The SMILES string of the molecule is CC(C)C#Cc1cncnc1N. The summed E-state index contributed by atoms with van der Waals surface area (Å²) >= 11 is 0. The summed E-state index contributed by atoms with van der Waals surface area (Å²) in [6, 6.07) is 0. The predicted octanol–water partition coefficient (Wildman–Crippen LogP) is 1.07. The molecule has 0 spiro atoms. The third kappa shape index (κ3) is 2.24. The van der Waals surface area contributed by atoms with E-state index in [0.29, 0.717) is 17.3 Å². The molecule has 0 saturated carbocycles. The van der Waals surface area contributed by atoms with Crippen molar-refractivity contribution in [2.75, 3.05) is 5.73 Å². The van der Waals surface area contributed by atoms with Crippen molar-refractivity contribution in [3.63, 3.8) is 0 Å². The van der Waals surface area contributed by atoms with Crippen LogP contribution in [0.25, 0.3) is 0 Å². The van der Waals surface area contributed by atoms with E-state index < -0.39 is 0 Å². The van der Waals surface area contributed by atoms with E-state index in [1.165, 1.54) is 6.33 Å². The highest BCUT2D eigenvalue weighted by molar-refractivity contribution is 5.48. The Kier molecular flexibility index (Phi) is 2.65. The molecule has 3 nitrogen and oxygen atoms in total. The molecular weight excluding hydrogens is 150 g/mol. The monoisotopic (exact) mass is 161 g/mol. The van der Waals surface area contributed by atoms with Crippen molar-refractivity contribution in [2.45, 2.75) is 13.8 Å². The van der Waals surface area contributed by atoms with Crippen LogP contribution in [0.1, 0.15) is 19.4 Å². The fraction of sp³-hybridized carbons (Fsp3) is 0.333. The highest BCUT2D eigenvalue weighted by Gasteiger charge is 1.93. The van der Waals surface area contributed by atoms with Crippen LogP contribution in [-0.2, 0) is 0 Å². The van der Waals surface area contributed by atoms with Gasteiger partial charge in [0.25, 0.3) is 0 Å². The summed E-state index contributed by atoms with van der Waals surface area (Å²) in [7, 11) is 0. The highest BCUT2D eigenvalue weighted by atomic mass is 14.9. The van der Waals surface area contributed by atoms with E-state index in [0.717, 1.165) is 0 Å². The third-order valence-electron chi connectivity index (χ3n) is 1.24. The van der Waals surface area contributed by atoms with E-state index in [1.807, 2.05) is 13.8 Å². The summed E-state index contributed by atoms with van der Waals surface area (Å²) in [5, 5.41) is 0. The van der Waals surface area contributed by atoms with Crippen LogP contribution in [0.3, 0.4) is 0 Å². The van der Waals surface area contributed by atoms with Crippen molar-refractivity contribution in [1.29, 1.82) is 0 Å². The average molecular weight is 161 g/mol. The molecular formula is C9H11N3. The Bertz CT molecular complexity index is 320. The molecule has 0 aliphatic rings. The normalized spacial score (nSPS) is 9.25. The Morgan fingerprint density at radius 1 is 1.50 bits per heavy atom. The number of aromatic nitrogens is 2. The zero-order valence-corrected chi connectivity index (χ0v) is 7.20. The molecule has 0 radical (unpaired) electrons. The summed E-state index contributed by atoms with van der Waals surface area (Å²) in [6.07, 6.45) is 3.04. The lowest BCUT2D eigenvalue weighted by Crippen LogP contribution is -1.94. The van der Waals surface area contributed by atoms with E-state index in [2.05, 4.69) is 21.8 Å². The largest absolute Gasteiger partial charge is 0.383 e. The smallest absolute Gasteiger partial charge is 0.142 e. The number of nitrogens with zero attached hydrogens (tertiary/aromatic N) is 2. The Balaban J connectivity index is 2.92. The Labute approximate surface area is 72.0 Å². The van der Waals surface area contributed by atoms with E-state index >= 15 is 0 Å². The van der Waals surface area contributed by atoms with Gasteiger partial charge in [0.05, 0.1) is 5.56 Å². The first-order valence-corrected chi connectivity index (χ1v) is 3.77. The quantitative estimate of drug-likeness (QED) is 0.579. The number of hydrogen-bond donors (Lipinski definition) is 1. The minimum absolute atomic E-state index is 0.338. The van der Waals surface area contributed by atoms with Crippen molar-refractivity contribution in [3.8, 4) is 11.8 Å². The van der Waals surface area contributed by atoms with E-state index in [4.69, 9.17) is 5.73 Å². The van der Waals surface area contributed by atoms with Crippen molar-refractivity contribution >= 4 is 5.82 Å². The molecule has 0 aliphatic heterocycles. The van der Waals surface area contributed by atoms with Crippen LogP contribution in [0.4, 0.5) is 5.82 Å². The third-order valence-corrected chi connectivity index (χ3v) is 1.24. The molecule has 1 rings (SSSR count). The summed E-state index contributed by atoms with van der Waals surface area (Å²) in [4.78, 5) is 7.65. The van der Waals surface area contributed by atoms with E-state index in [1.54, 1.807) is 6.20 Å². The van der Waals surface area contributed by atoms with Gasteiger partial charge in [0.1, 0.15) is 12.1 Å². The molecule has 0 fully saturated rings. The van der Waals surface area contributed by atoms with Gasteiger partial charge in [-0.05, 0) is 0 Å². The van der Waals surface area contributed by atoms with Crippen molar-refractivity contribution in [1.82, 2.24) is 9.97 Å². The minimum atomic E-state index is 0.338. The molecule has 1 aromatic rings. The second kappa shape index (κ2) is 3.72. The van der Waals surface area contributed by atoms with Crippen molar-refractivity contribution in [3.05, 3.63) is 18.1 Å². The van der Waals surface area contributed by atoms with Crippen molar-refractivity contribution in [2.24, 2.45) is 5.92 Å². The Morgan fingerprint density at radius 2 is 2.25 bits per heavy atom. The van der Waals surface area contributed by atoms with Crippen LogP contribution < -0.4 is 5.73 Å². The van der Waals surface area contributed by atoms with Gasteiger partial charge >= 0.3 is 0 Å². The minimum Gasteiger partial charge on any atom is -0.383 e. The topological polar surface area (TPSA) is 51.8 Å². The van der Waals surface area contributed by atoms with Crippen LogP contribution in [-0.4, -0.2) is 9.97 Å². The van der Waals surface area contributed by atoms with Crippen molar-refractivity contribution < 1.29 is 0 Å². The molecule has 0 saturated heterocycles. The molecule has 1 heterocycles. The maximum absolute atomic E-state index is 5.55. The van der Waals surface area contributed by atoms with Gasteiger partial charge in [0, 0.05) is 12.1 Å². The van der Waals surface area contributed by atoms with Gasteiger partial charge < -0.3 is 5.73 Å². The van der Waals surface area contributed by atoms with Crippen LogP contribution in [0, 0.1) is 17.8 Å². The summed E-state index contributed by atoms with van der Waals surface area (Å²) in [5.41, 5.74) is 6.25. The van der Waals surface area contributed by atoms with Gasteiger partial charge in [-0.1, -0.05) is 25.7 Å². The summed E-state index contributed by atoms with van der Waals surface area (Å²) in [6.45, 7) is 4.04. The molecule has 0 bridgehead atoms. The van der Waals surface area contributed by atoms with Crippen LogP contribution >= 0.6 is 0 Å². The molecule has 0 unspecified atom stereocenters. The van der Waals surface area contributed by atoms with Gasteiger partial charge in [-0.25, -0.2) is 9.97 Å². The fourth-order valence-electron chi connectivity index (χ4n) is 0.657. The molecule has 1 aromatic heterocycles. The highest BCUT2D eigenvalue weighted by Crippen LogP contribution is 2.02. The second-order valence-corrected chi connectivity index (χ2v) is 2.75. The fourth-order valence-corrected chi connectivity index (χ4v) is 0.657. The molecule has 0 amide bonds. The lowest BCUT2D eigenvalue weighted by atomic mass is 10.2. The number of rotatable bonds is 0. The number of anilines is 1. The summed E-state index contributed by atoms with van der Waals surface area (Å²) < 4.78 is 0. The standard InChI is InChI=1S/C9H11N3/c1-7(2)3-4-8-5-11-6-12-9(8)10/h5-7H,1-2H3,(H2,10,11,12). The summed E-state index contributed by atoms with van der Waals surface area (Å²) in [5.74, 6) is 6.69. The van der Waals surface area contributed by atoms with Crippen LogP contribution in [0.5, 0.6) is 0 Å². The maximum atomic E-state index is 5.55. The number of nitrogen functional groups attached to an aromatic ring is 1. The Hall–Kier alpha value is -1.56. The van der Waals surface area contributed by atoms with Crippen LogP contribution in [0.15, 0.2) is 12.5 Å². The zero-order valence-electron chi connectivity index (χ0n) is 7.20. The maximum Gasteiger partial charge on any atom is 0.142 e. The Morgan fingerprint density at radius 3 is 2.83 bits per heavy atom. The van der Waals surface area contributed by atoms with Gasteiger partial charge in [-0.3, -0.25) is 0 Å². The molecule has 12 heavy (non-hydrogen) atoms. The second-order valence-electron chi connectivity index (χ2n) is 2.75. The van der Waals surface area contributed by atoms with Gasteiger partial charge in [0.2, 0.25) is 0 Å². The molecule has 0 aliphatic carbocycles. The van der Waals surface area contributed by atoms with Gasteiger partial charge in [0.15, 0.2) is 0 Å². The zero-order chi connectivity index (χ0) is 8.97. The molecule has 62 valence electrons. The average Bonchev–Trinajstić information content (AvgIpc) is 2.03.